The van der Waals surface area contributed by atoms with Crippen molar-refractivity contribution in [3.8, 4) is 11.1 Å². The first-order valence-corrected chi connectivity index (χ1v) is 6.97. The number of nitrogens with zero attached hydrogens (tertiary/aromatic N) is 1. The van der Waals surface area contributed by atoms with Crippen molar-refractivity contribution in [1.82, 2.24) is 5.01 Å². The Morgan fingerprint density at radius 1 is 1.11 bits per heavy atom. The standard InChI is InChI=1S/C17H18N2/c1-11-4-2-6-13-10-15-17-12(8-9-19(15)18)5-3-7-14(17)16(11)13/h2-7,15H,8-10,18H2,1H3/t15-/m1/s1. The molecular weight excluding hydrogens is 232 g/mol. The minimum absolute atomic E-state index is 0.356. The molecule has 1 atom stereocenters. The molecule has 0 spiro atoms. The first-order chi connectivity index (χ1) is 9.25. The molecule has 0 saturated heterocycles. The first-order valence-electron chi connectivity index (χ1n) is 6.97. The van der Waals surface area contributed by atoms with Crippen LogP contribution in [-0.4, -0.2) is 11.6 Å². The Bertz CT molecular complexity index is 660. The molecular formula is C17H18N2. The molecule has 0 fully saturated rings. The van der Waals surface area contributed by atoms with Gasteiger partial charge in [0.1, 0.15) is 0 Å². The molecule has 1 aliphatic carbocycles. The molecule has 0 saturated carbocycles. The van der Waals surface area contributed by atoms with Crippen LogP contribution in [0.1, 0.15) is 28.3 Å². The third-order valence-electron chi connectivity index (χ3n) is 4.61. The van der Waals surface area contributed by atoms with Gasteiger partial charge in [-0.3, -0.25) is 5.84 Å². The molecule has 1 heterocycles. The first kappa shape index (κ1) is 11.2. The molecule has 0 amide bonds. The van der Waals surface area contributed by atoms with Crippen molar-refractivity contribution in [1.29, 1.82) is 0 Å². The van der Waals surface area contributed by atoms with Gasteiger partial charge in [-0.2, -0.15) is 0 Å². The van der Waals surface area contributed by atoms with E-state index in [1.54, 1.807) is 0 Å². The zero-order valence-corrected chi connectivity index (χ0v) is 11.2. The van der Waals surface area contributed by atoms with Crippen LogP contribution in [-0.2, 0) is 12.8 Å². The average Bonchev–Trinajstić information content (AvgIpc) is 2.43. The number of hydrogen-bond acceptors (Lipinski definition) is 2. The summed E-state index contributed by atoms with van der Waals surface area (Å²) < 4.78 is 0. The highest BCUT2D eigenvalue weighted by Gasteiger charge is 2.33. The lowest BCUT2D eigenvalue weighted by molar-refractivity contribution is 0.187. The van der Waals surface area contributed by atoms with Crippen LogP contribution < -0.4 is 5.84 Å². The smallest absolute Gasteiger partial charge is 0.0540 e. The summed E-state index contributed by atoms with van der Waals surface area (Å²) in [4.78, 5) is 0. The number of aryl methyl sites for hydroxylation is 1. The lowest BCUT2D eigenvalue weighted by Gasteiger charge is -2.39. The molecule has 2 aromatic rings. The molecule has 2 aliphatic rings. The van der Waals surface area contributed by atoms with Crippen LogP contribution in [0.2, 0.25) is 0 Å². The molecule has 2 heteroatoms. The van der Waals surface area contributed by atoms with Gasteiger partial charge in [-0.15, -0.1) is 0 Å². The quantitative estimate of drug-likeness (QED) is 0.728. The van der Waals surface area contributed by atoms with Crippen molar-refractivity contribution >= 4 is 0 Å². The van der Waals surface area contributed by atoms with Gasteiger partial charge in [0.2, 0.25) is 0 Å². The average molecular weight is 250 g/mol. The van der Waals surface area contributed by atoms with Crippen LogP contribution in [0.25, 0.3) is 11.1 Å². The predicted octanol–water partition coefficient (Wildman–Crippen LogP) is 2.99. The molecule has 2 N–H and O–H groups in total. The lowest BCUT2D eigenvalue weighted by atomic mass is 9.76. The minimum Gasteiger partial charge on any atom is -0.268 e. The van der Waals surface area contributed by atoms with Crippen LogP contribution in [0.15, 0.2) is 36.4 Å². The number of fused-ring (bicyclic) bond motifs is 2. The highest BCUT2D eigenvalue weighted by molar-refractivity contribution is 5.78. The van der Waals surface area contributed by atoms with E-state index < -0.39 is 0 Å². The van der Waals surface area contributed by atoms with E-state index in [1.165, 1.54) is 33.4 Å². The lowest BCUT2D eigenvalue weighted by Crippen LogP contribution is -2.42. The van der Waals surface area contributed by atoms with E-state index in [4.69, 9.17) is 5.84 Å². The van der Waals surface area contributed by atoms with E-state index in [-0.39, 0.29) is 0 Å². The molecule has 2 aromatic carbocycles. The van der Waals surface area contributed by atoms with Gasteiger partial charge in [-0.25, -0.2) is 5.01 Å². The summed E-state index contributed by atoms with van der Waals surface area (Å²) in [5, 5.41) is 2.02. The van der Waals surface area contributed by atoms with Crippen molar-refractivity contribution in [2.24, 2.45) is 5.84 Å². The Morgan fingerprint density at radius 2 is 1.89 bits per heavy atom. The Balaban J connectivity index is 2.05. The minimum atomic E-state index is 0.356. The van der Waals surface area contributed by atoms with E-state index in [2.05, 4.69) is 43.3 Å². The fourth-order valence-electron chi connectivity index (χ4n) is 3.73. The van der Waals surface area contributed by atoms with Gasteiger partial charge in [-0.05, 0) is 53.1 Å². The van der Waals surface area contributed by atoms with E-state index in [0.29, 0.717) is 6.04 Å². The fraction of sp³-hybridized carbons (Fsp3) is 0.294. The topological polar surface area (TPSA) is 29.3 Å². The van der Waals surface area contributed by atoms with Crippen molar-refractivity contribution in [3.63, 3.8) is 0 Å². The molecule has 96 valence electrons. The highest BCUT2D eigenvalue weighted by atomic mass is 15.4. The summed E-state index contributed by atoms with van der Waals surface area (Å²) >= 11 is 0. The van der Waals surface area contributed by atoms with Crippen LogP contribution in [0.5, 0.6) is 0 Å². The van der Waals surface area contributed by atoms with Gasteiger partial charge in [0.25, 0.3) is 0 Å². The van der Waals surface area contributed by atoms with Gasteiger partial charge >= 0.3 is 0 Å². The largest absolute Gasteiger partial charge is 0.268 e. The Hall–Kier alpha value is -1.64. The summed E-state index contributed by atoms with van der Waals surface area (Å²) in [5.74, 6) is 6.24. The monoisotopic (exact) mass is 250 g/mol. The normalized spacial score (nSPS) is 20.8. The predicted molar refractivity (Wildman–Crippen MR) is 77.7 cm³/mol. The molecule has 2 nitrogen and oxygen atoms in total. The molecule has 0 bridgehead atoms. The summed E-state index contributed by atoms with van der Waals surface area (Å²) in [6, 6.07) is 13.7. The third-order valence-corrected chi connectivity index (χ3v) is 4.61. The number of nitrogens with two attached hydrogens (primary N) is 1. The highest BCUT2D eigenvalue weighted by Crippen LogP contribution is 2.45. The second-order valence-corrected chi connectivity index (χ2v) is 5.70. The summed E-state index contributed by atoms with van der Waals surface area (Å²) in [7, 11) is 0. The van der Waals surface area contributed by atoms with Gasteiger partial charge < -0.3 is 0 Å². The van der Waals surface area contributed by atoms with Crippen LogP contribution >= 0.6 is 0 Å². The summed E-state index contributed by atoms with van der Waals surface area (Å²) in [6.45, 7) is 3.17. The fourth-order valence-corrected chi connectivity index (χ4v) is 3.73. The SMILES string of the molecule is Cc1cccc2c1-c1cccc3c1[C@@H](C2)N(N)CC3. The second-order valence-electron chi connectivity index (χ2n) is 5.70. The van der Waals surface area contributed by atoms with Crippen molar-refractivity contribution in [2.45, 2.75) is 25.8 Å². The Labute approximate surface area is 113 Å². The summed E-state index contributed by atoms with van der Waals surface area (Å²) in [5.41, 5.74) is 8.60. The van der Waals surface area contributed by atoms with Crippen LogP contribution in [0.3, 0.4) is 0 Å². The number of hydrazine groups is 1. The maximum absolute atomic E-state index is 6.24. The maximum atomic E-state index is 6.24. The third kappa shape index (κ3) is 1.50. The van der Waals surface area contributed by atoms with Crippen molar-refractivity contribution < 1.29 is 0 Å². The van der Waals surface area contributed by atoms with Crippen LogP contribution in [0, 0.1) is 6.92 Å². The van der Waals surface area contributed by atoms with Crippen LogP contribution in [0.4, 0.5) is 0 Å². The molecule has 1 aliphatic heterocycles. The second kappa shape index (κ2) is 3.92. The maximum Gasteiger partial charge on any atom is 0.0540 e. The van der Waals surface area contributed by atoms with E-state index >= 15 is 0 Å². The van der Waals surface area contributed by atoms with E-state index in [0.717, 1.165) is 19.4 Å². The van der Waals surface area contributed by atoms with E-state index in [1.807, 2.05) is 5.01 Å². The van der Waals surface area contributed by atoms with Gasteiger partial charge in [0, 0.05) is 6.54 Å². The Morgan fingerprint density at radius 3 is 2.79 bits per heavy atom. The molecule has 0 radical (unpaired) electrons. The molecule has 0 unspecified atom stereocenters. The van der Waals surface area contributed by atoms with E-state index in [9.17, 15) is 0 Å². The summed E-state index contributed by atoms with van der Waals surface area (Å²) in [6.07, 6.45) is 2.11. The van der Waals surface area contributed by atoms with Gasteiger partial charge in [0.15, 0.2) is 0 Å². The molecule has 0 aromatic heterocycles. The number of rotatable bonds is 0. The van der Waals surface area contributed by atoms with Crippen molar-refractivity contribution in [2.75, 3.05) is 6.54 Å². The zero-order valence-electron chi connectivity index (χ0n) is 11.2. The number of benzene rings is 2. The zero-order chi connectivity index (χ0) is 13.0. The molecule has 19 heavy (non-hydrogen) atoms. The van der Waals surface area contributed by atoms with Gasteiger partial charge in [0.05, 0.1) is 6.04 Å². The molecule has 4 rings (SSSR count). The number of hydrogen-bond donors (Lipinski definition) is 1. The Kier molecular flexibility index (Phi) is 2.32. The van der Waals surface area contributed by atoms with Crippen molar-refractivity contribution in [3.05, 3.63) is 58.7 Å². The van der Waals surface area contributed by atoms with Gasteiger partial charge in [-0.1, -0.05) is 36.4 Å².